The fraction of sp³-hybridized carbons (Fsp3) is 0.333. The highest BCUT2D eigenvalue weighted by molar-refractivity contribution is 6.45. The van der Waals surface area contributed by atoms with Crippen molar-refractivity contribution < 1.29 is 19.4 Å². The molecule has 0 saturated carbocycles. The number of aliphatic hydroxyl groups excluding tert-OH is 1. The minimum absolute atomic E-state index is 0.0980. The number of nitrogens with zero attached hydrogens (tertiary/aromatic N) is 3. The summed E-state index contributed by atoms with van der Waals surface area (Å²) in [4.78, 5) is 32.5. The van der Waals surface area contributed by atoms with Gasteiger partial charge in [0.1, 0.15) is 11.4 Å². The van der Waals surface area contributed by atoms with Gasteiger partial charge in [-0.1, -0.05) is 41.4 Å². The van der Waals surface area contributed by atoms with Crippen molar-refractivity contribution >= 4 is 34.7 Å². The number of anilines is 1. The Hall–Kier alpha value is -2.87. The monoisotopic (exact) mass is 455 g/mol. The first-order valence-corrected chi connectivity index (χ1v) is 10.9. The molecule has 0 spiro atoms. The standard InChI is InChI=1S/C24H26ClN3O4/c1-16-3-5-17(6-4-16)21-22(27-11-9-26(10-12-27)13-14-29)24(31)28(23(21)30)18-7-8-20(32-2)19(25)15-18/h3-8,15,29H,9-14H2,1-2H3. The van der Waals surface area contributed by atoms with Crippen LogP contribution in [-0.4, -0.2) is 73.2 Å². The first kappa shape index (κ1) is 22.3. The summed E-state index contributed by atoms with van der Waals surface area (Å²) in [5.74, 6) is -0.253. The minimum atomic E-state index is -0.368. The molecule has 168 valence electrons. The molecular weight excluding hydrogens is 430 g/mol. The van der Waals surface area contributed by atoms with Crippen molar-refractivity contribution in [1.82, 2.24) is 9.80 Å². The SMILES string of the molecule is COc1ccc(N2C(=O)C(c3ccc(C)cc3)=C(N3CCN(CCO)CC3)C2=O)cc1Cl. The van der Waals surface area contributed by atoms with Gasteiger partial charge in [0.15, 0.2) is 0 Å². The zero-order valence-corrected chi connectivity index (χ0v) is 18.9. The number of benzene rings is 2. The minimum Gasteiger partial charge on any atom is -0.495 e. The van der Waals surface area contributed by atoms with E-state index in [9.17, 15) is 14.7 Å². The van der Waals surface area contributed by atoms with Crippen LogP contribution in [0.25, 0.3) is 5.57 Å². The molecule has 1 saturated heterocycles. The second kappa shape index (κ2) is 9.32. The fourth-order valence-corrected chi connectivity index (χ4v) is 4.41. The second-order valence-corrected chi connectivity index (χ2v) is 8.31. The Morgan fingerprint density at radius 3 is 2.28 bits per heavy atom. The number of aliphatic hydroxyl groups is 1. The van der Waals surface area contributed by atoms with E-state index in [0.29, 0.717) is 66.0 Å². The van der Waals surface area contributed by atoms with E-state index in [1.807, 2.05) is 36.1 Å². The zero-order chi connectivity index (χ0) is 22.8. The molecule has 4 rings (SSSR count). The highest BCUT2D eigenvalue weighted by Crippen LogP contribution is 2.37. The summed E-state index contributed by atoms with van der Waals surface area (Å²) in [6.07, 6.45) is 0. The first-order chi connectivity index (χ1) is 15.4. The molecule has 2 aliphatic heterocycles. The molecule has 8 heteroatoms. The molecule has 2 heterocycles. The molecule has 2 amide bonds. The number of hydrogen-bond acceptors (Lipinski definition) is 6. The summed E-state index contributed by atoms with van der Waals surface area (Å²) >= 11 is 6.28. The number of halogens is 1. The highest BCUT2D eigenvalue weighted by Gasteiger charge is 2.43. The van der Waals surface area contributed by atoms with E-state index in [1.165, 1.54) is 12.0 Å². The Bertz CT molecular complexity index is 1060. The maximum atomic E-state index is 13.6. The van der Waals surface area contributed by atoms with Gasteiger partial charge in [0.25, 0.3) is 11.8 Å². The van der Waals surface area contributed by atoms with Gasteiger partial charge in [0, 0.05) is 32.7 Å². The zero-order valence-electron chi connectivity index (χ0n) is 18.2. The summed E-state index contributed by atoms with van der Waals surface area (Å²) in [7, 11) is 1.51. The summed E-state index contributed by atoms with van der Waals surface area (Å²) in [6, 6.07) is 12.5. The van der Waals surface area contributed by atoms with Gasteiger partial charge < -0.3 is 14.7 Å². The quantitative estimate of drug-likeness (QED) is 0.675. The Kier molecular flexibility index (Phi) is 6.50. The molecule has 7 nitrogen and oxygen atoms in total. The lowest BCUT2D eigenvalue weighted by atomic mass is 10.0. The Labute approximate surface area is 192 Å². The van der Waals surface area contributed by atoms with Crippen LogP contribution in [0.4, 0.5) is 5.69 Å². The largest absolute Gasteiger partial charge is 0.495 e. The van der Waals surface area contributed by atoms with E-state index in [1.54, 1.807) is 18.2 Å². The van der Waals surface area contributed by atoms with E-state index >= 15 is 0 Å². The van der Waals surface area contributed by atoms with Gasteiger partial charge in [-0.05, 0) is 30.7 Å². The van der Waals surface area contributed by atoms with E-state index in [-0.39, 0.29) is 18.4 Å². The van der Waals surface area contributed by atoms with Gasteiger partial charge >= 0.3 is 0 Å². The van der Waals surface area contributed by atoms with Crippen LogP contribution < -0.4 is 9.64 Å². The number of amides is 2. The Morgan fingerprint density at radius 1 is 1.00 bits per heavy atom. The normalized spacial score (nSPS) is 17.5. The summed E-state index contributed by atoms with van der Waals surface area (Å²) < 4.78 is 5.20. The lowest BCUT2D eigenvalue weighted by Crippen LogP contribution is -2.48. The van der Waals surface area contributed by atoms with Crippen molar-refractivity contribution in [1.29, 1.82) is 0 Å². The van der Waals surface area contributed by atoms with Crippen LogP contribution in [0.1, 0.15) is 11.1 Å². The van der Waals surface area contributed by atoms with Crippen molar-refractivity contribution in [2.24, 2.45) is 0 Å². The molecule has 32 heavy (non-hydrogen) atoms. The van der Waals surface area contributed by atoms with Crippen LogP contribution in [0.15, 0.2) is 48.2 Å². The number of aryl methyl sites for hydroxylation is 1. The molecule has 1 fully saturated rings. The van der Waals surface area contributed by atoms with Crippen LogP contribution in [-0.2, 0) is 9.59 Å². The van der Waals surface area contributed by atoms with Gasteiger partial charge in [-0.15, -0.1) is 0 Å². The van der Waals surface area contributed by atoms with E-state index in [4.69, 9.17) is 16.3 Å². The van der Waals surface area contributed by atoms with Crippen LogP contribution >= 0.6 is 11.6 Å². The number of methoxy groups -OCH3 is 1. The molecule has 0 aromatic heterocycles. The number of imide groups is 1. The maximum absolute atomic E-state index is 13.6. The lowest BCUT2D eigenvalue weighted by molar-refractivity contribution is -0.120. The van der Waals surface area contributed by atoms with E-state index < -0.39 is 0 Å². The lowest BCUT2D eigenvalue weighted by Gasteiger charge is -2.36. The van der Waals surface area contributed by atoms with Gasteiger partial charge in [0.05, 0.1) is 30.0 Å². The molecule has 2 aromatic carbocycles. The predicted octanol–water partition coefficient (Wildman–Crippen LogP) is 2.55. The number of rotatable bonds is 6. The van der Waals surface area contributed by atoms with Crippen molar-refractivity contribution in [3.8, 4) is 5.75 Å². The molecule has 2 aliphatic rings. The van der Waals surface area contributed by atoms with Crippen molar-refractivity contribution in [2.45, 2.75) is 6.92 Å². The summed E-state index contributed by atoms with van der Waals surface area (Å²) in [5, 5.41) is 9.54. The van der Waals surface area contributed by atoms with Crippen LogP contribution in [0.2, 0.25) is 5.02 Å². The topological polar surface area (TPSA) is 73.3 Å². The third-order valence-corrected chi connectivity index (χ3v) is 6.19. The number of β-amino-alcohol motifs (C(OH)–C–C–N with tert-alkyl or cyclic N) is 1. The molecule has 0 atom stereocenters. The third-order valence-electron chi connectivity index (χ3n) is 5.90. The Morgan fingerprint density at radius 2 is 1.69 bits per heavy atom. The number of piperazine rings is 1. The van der Waals surface area contributed by atoms with Gasteiger partial charge in [-0.25, -0.2) is 4.90 Å². The molecule has 1 N–H and O–H groups in total. The molecule has 0 radical (unpaired) electrons. The number of ether oxygens (including phenoxy) is 1. The fourth-order valence-electron chi connectivity index (χ4n) is 4.16. The van der Waals surface area contributed by atoms with Gasteiger partial charge in [0.2, 0.25) is 0 Å². The van der Waals surface area contributed by atoms with Gasteiger partial charge in [-0.2, -0.15) is 0 Å². The highest BCUT2D eigenvalue weighted by atomic mass is 35.5. The van der Waals surface area contributed by atoms with Crippen LogP contribution in [0, 0.1) is 6.92 Å². The van der Waals surface area contributed by atoms with Crippen molar-refractivity contribution in [3.05, 3.63) is 64.3 Å². The van der Waals surface area contributed by atoms with Gasteiger partial charge in [-0.3, -0.25) is 14.5 Å². The summed E-state index contributed by atoms with van der Waals surface area (Å²) in [5.41, 5.74) is 3.00. The first-order valence-electron chi connectivity index (χ1n) is 10.6. The summed E-state index contributed by atoms with van der Waals surface area (Å²) in [6.45, 7) is 5.29. The number of hydrogen-bond donors (Lipinski definition) is 1. The van der Waals surface area contributed by atoms with Crippen molar-refractivity contribution in [3.63, 3.8) is 0 Å². The number of carbonyl (C=O) groups is 2. The molecule has 0 bridgehead atoms. The average molecular weight is 456 g/mol. The smallest absolute Gasteiger partial charge is 0.282 e. The number of carbonyl (C=O) groups excluding carboxylic acids is 2. The molecule has 0 aliphatic carbocycles. The maximum Gasteiger partial charge on any atom is 0.282 e. The Balaban J connectivity index is 1.74. The second-order valence-electron chi connectivity index (χ2n) is 7.91. The third kappa shape index (κ3) is 4.11. The van der Waals surface area contributed by atoms with Crippen LogP contribution in [0.3, 0.4) is 0 Å². The molecule has 0 unspecified atom stereocenters. The van der Waals surface area contributed by atoms with Crippen LogP contribution in [0.5, 0.6) is 5.75 Å². The molecule has 2 aromatic rings. The molecular formula is C24H26ClN3O4. The van der Waals surface area contributed by atoms with Crippen molar-refractivity contribution in [2.75, 3.05) is 51.3 Å². The average Bonchev–Trinajstić information content (AvgIpc) is 3.05. The van der Waals surface area contributed by atoms with E-state index in [2.05, 4.69) is 4.90 Å². The predicted molar refractivity (Wildman–Crippen MR) is 124 cm³/mol. The van der Waals surface area contributed by atoms with E-state index in [0.717, 1.165) is 5.56 Å².